The molecule has 2 aliphatic carbocycles. The second-order valence-corrected chi connectivity index (χ2v) is 15.1. The molecule has 3 amide bonds. The van der Waals surface area contributed by atoms with E-state index in [9.17, 15) is 24.3 Å². The SMILES string of the molecule is C=C[C@H]1CC1(NC(=O)[C@@H]1C[C@@H](Oc2cc(-c3ccccc3)nc3cc(OC)ccc23)CN1C(=O)[C@@H](NC(=O)OC(C)(C)C)C1CCCCC1)C(=O)O. The number of aromatic nitrogens is 1. The molecule has 1 unspecified atom stereocenters. The van der Waals surface area contributed by atoms with Crippen LogP contribution >= 0.6 is 0 Å². The number of hydrogen-bond donors (Lipinski definition) is 3. The number of amides is 3. The molecule has 276 valence electrons. The molecule has 1 aliphatic heterocycles. The van der Waals surface area contributed by atoms with Gasteiger partial charge in [-0.3, -0.25) is 9.59 Å². The Morgan fingerprint density at radius 2 is 1.79 bits per heavy atom. The molecule has 5 atom stereocenters. The Hall–Kier alpha value is -5.13. The number of pyridine rings is 1. The number of aliphatic carboxylic acids is 1. The quantitative estimate of drug-likeness (QED) is 0.207. The summed E-state index contributed by atoms with van der Waals surface area (Å²) in [7, 11) is 1.58. The minimum Gasteiger partial charge on any atom is -0.497 e. The fourth-order valence-electron chi connectivity index (χ4n) is 7.49. The number of likely N-dealkylation sites (tertiary alicyclic amines) is 1. The van der Waals surface area contributed by atoms with Crippen LogP contribution in [0.3, 0.4) is 0 Å². The molecule has 3 aromatic rings. The summed E-state index contributed by atoms with van der Waals surface area (Å²) < 4.78 is 17.7. The van der Waals surface area contributed by atoms with Gasteiger partial charge in [-0.1, -0.05) is 55.7 Å². The molecule has 12 nitrogen and oxygen atoms in total. The summed E-state index contributed by atoms with van der Waals surface area (Å²) in [6.45, 7) is 9.02. The highest BCUT2D eigenvalue weighted by Gasteiger charge is 2.61. The molecule has 1 saturated heterocycles. The molecule has 0 bridgehead atoms. The van der Waals surface area contributed by atoms with E-state index in [-0.39, 0.29) is 25.3 Å². The van der Waals surface area contributed by atoms with Gasteiger partial charge in [0.2, 0.25) is 11.8 Å². The molecule has 52 heavy (non-hydrogen) atoms. The first kappa shape index (κ1) is 36.7. The van der Waals surface area contributed by atoms with Crippen molar-refractivity contribution in [2.45, 2.75) is 95.0 Å². The number of nitrogens with zero attached hydrogens (tertiary/aromatic N) is 2. The summed E-state index contributed by atoms with van der Waals surface area (Å²) in [6.07, 6.45) is 4.77. The van der Waals surface area contributed by atoms with Crippen LogP contribution < -0.4 is 20.1 Å². The normalized spacial score (nSPS) is 23.7. The van der Waals surface area contributed by atoms with Crippen molar-refractivity contribution in [2.24, 2.45) is 11.8 Å². The number of rotatable bonds is 11. The second-order valence-electron chi connectivity index (χ2n) is 15.1. The maximum atomic E-state index is 14.7. The minimum absolute atomic E-state index is 0.0295. The Morgan fingerprint density at radius 1 is 1.06 bits per heavy atom. The third kappa shape index (κ3) is 7.85. The van der Waals surface area contributed by atoms with Crippen LogP contribution in [0.5, 0.6) is 11.5 Å². The van der Waals surface area contributed by atoms with Crippen molar-refractivity contribution < 1.29 is 38.5 Å². The molecule has 2 heterocycles. The fraction of sp³-hybridized carbons (Fsp3) is 0.475. The summed E-state index contributed by atoms with van der Waals surface area (Å²) in [5.74, 6) is -1.65. The van der Waals surface area contributed by atoms with Crippen molar-refractivity contribution in [1.82, 2.24) is 20.5 Å². The van der Waals surface area contributed by atoms with Gasteiger partial charge in [0.1, 0.15) is 40.8 Å². The fourth-order valence-corrected chi connectivity index (χ4v) is 7.49. The van der Waals surface area contributed by atoms with Gasteiger partial charge in [0.05, 0.1) is 24.9 Å². The number of carboxylic acid groups (broad SMARTS) is 1. The maximum Gasteiger partial charge on any atom is 0.408 e. The van der Waals surface area contributed by atoms with Gasteiger partial charge in [0.25, 0.3) is 0 Å². The van der Waals surface area contributed by atoms with Crippen LogP contribution in [0, 0.1) is 11.8 Å². The van der Waals surface area contributed by atoms with Gasteiger partial charge in [0.15, 0.2) is 0 Å². The number of hydrogen-bond acceptors (Lipinski definition) is 8. The molecular formula is C40H48N4O8. The van der Waals surface area contributed by atoms with Crippen molar-refractivity contribution in [3.05, 3.63) is 67.3 Å². The first-order valence-corrected chi connectivity index (χ1v) is 18.0. The Morgan fingerprint density at radius 3 is 2.42 bits per heavy atom. The lowest BCUT2D eigenvalue weighted by Gasteiger charge is -2.35. The van der Waals surface area contributed by atoms with E-state index < -0.39 is 59.1 Å². The van der Waals surface area contributed by atoms with E-state index >= 15 is 0 Å². The van der Waals surface area contributed by atoms with E-state index in [2.05, 4.69) is 17.2 Å². The highest BCUT2D eigenvalue weighted by molar-refractivity contribution is 5.96. The molecule has 3 aliphatic rings. The van der Waals surface area contributed by atoms with Crippen molar-refractivity contribution >= 4 is 34.8 Å². The van der Waals surface area contributed by atoms with Gasteiger partial charge in [-0.15, -0.1) is 6.58 Å². The van der Waals surface area contributed by atoms with Crippen molar-refractivity contribution in [3.8, 4) is 22.8 Å². The second kappa shape index (κ2) is 14.8. The maximum absolute atomic E-state index is 14.7. The predicted octanol–water partition coefficient (Wildman–Crippen LogP) is 5.88. The van der Waals surface area contributed by atoms with E-state index in [0.29, 0.717) is 22.7 Å². The summed E-state index contributed by atoms with van der Waals surface area (Å²) in [5.41, 5.74) is -0.0897. The van der Waals surface area contributed by atoms with Gasteiger partial charge < -0.3 is 34.9 Å². The number of carbonyl (C=O) groups excluding carboxylic acids is 3. The lowest BCUT2D eigenvalue weighted by Crippen LogP contribution is -2.58. The van der Waals surface area contributed by atoms with Crippen LogP contribution in [0.2, 0.25) is 0 Å². The summed E-state index contributed by atoms with van der Waals surface area (Å²) in [6, 6.07) is 15.0. The van der Waals surface area contributed by atoms with E-state index in [1.807, 2.05) is 54.6 Å². The molecule has 2 saturated carbocycles. The van der Waals surface area contributed by atoms with Crippen LogP contribution in [0.4, 0.5) is 4.79 Å². The molecule has 1 aromatic heterocycles. The number of fused-ring (bicyclic) bond motifs is 1. The average molecular weight is 713 g/mol. The Bertz CT molecular complexity index is 1840. The number of alkyl carbamates (subject to hydrolysis) is 1. The van der Waals surface area contributed by atoms with E-state index in [4.69, 9.17) is 19.2 Å². The van der Waals surface area contributed by atoms with Gasteiger partial charge in [-0.25, -0.2) is 14.6 Å². The van der Waals surface area contributed by atoms with Crippen LogP contribution in [0.15, 0.2) is 67.3 Å². The van der Waals surface area contributed by atoms with Crippen molar-refractivity contribution in [3.63, 3.8) is 0 Å². The average Bonchev–Trinajstić information content (AvgIpc) is 3.69. The summed E-state index contributed by atoms with van der Waals surface area (Å²) in [5, 5.41) is 16.4. The Kier molecular flexibility index (Phi) is 10.5. The van der Waals surface area contributed by atoms with Crippen molar-refractivity contribution in [1.29, 1.82) is 0 Å². The van der Waals surface area contributed by atoms with Crippen LogP contribution in [0.1, 0.15) is 65.7 Å². The first-order chi connectivity index (χ1) is 24.8. The summed E-state index contributed by atoms with van der Waals surface area (Å²) in [4.78, 5) is 60.6. The number of nitrogens with one attached hydrogen (secondary N) is 2. The smallest absolute Gasteiger partial charge is 0.408 e. The largest absolute Gasteiger partial charge is 0.497 e. The predicted molar refractivity (Wildman–Crippen MR) is 195 cm³/mol. The van der Waals surface area contributed by atoms with Crippen LogP contribution in [-0.4, -0.2) is 81.8 Å². The standard InChI is InChI=1S/C40H48N4O8/c1-6-26-22-40(26,37(47)48)43-35(45)32-20-28(23-44(32)36(46)34(25-15-11-8-12-16-25)42-38(49)52-39(2,3)4)51-33-21-30(24-13-9-7-10-14-24)41-31-19-27(50-5)17-18-29(31)33/h6-7,9-10,13-14,17-19,21,25-26,28,32,34H,1,8,11-12,15-16,20,22-23H2,2-5H3,(H,42,49)(H,43,45)(H,47,48)/t26-,28+,32-,34-,40?/m0/s1. The zero-order valence-electron chi connectivity index (χ0n) is 30.2. The number of ether oxygens (including phenoxy) is 3. The van der Waals surface area contributed by atoms with Gasteiger partial charge in [0, 0.05) is 35.4 Å². The number of benzene rings is 2. The number of methoxy groups -OCH3 is 1. The number of carbonyl (C=O) groups is 4. The third-order valence-electron chi connectivity index (χ3n) is 10.3. The van der Waals surface area contributed by atoms with Gasteiger partial charge >= 0.3 is 12.1 Å². The topological polar surface area (TPSA) is 156 Å². The highest BCUT2D eigenvalue weighted by atomic mass is 16.6. The Labute approximate surface area is 303 Å². The monoisotopic (exact) mass is 712 g/mol. The zero-order chi connectivity index (χ0) is 37.2. The first-order valence-electron chi connectivity index (χ1n) is 18.0. The zero-order valence-corrected chi connectivity index (χ0v) is 30.2. The molecule has 6 rings (SSSR count). The van der Waals surface area contributed by atoms with Crippen molar-refractivity contribution in [2.75, 3.05) is 13.7 Å². The van der Waals surface area contributed by atoms with E-state index in [1.54, 1.807) is 27.9 Å². The van der Waals surface area contributed by atoms with E-state index in [1.165, 1.54) is 11.0 Å². The molecule has 3 fully saturated rings. The van der Waals surface area contributed by atoms with E-state index in [0.717, 1.165) is 43.1 Å². The molecule has 0 radical (unpaired) electrons. The molecule has 2 aromatic carbocycles. The third-order valence-corrected chi connectivity index (χ3v) is 10.3. The number of carboxylic acids is 1. The Balaban J connectivity index is 1.35. The molecular weight excluding hydrogens is 664 g/mol. The minimum atomic E-state index is -1.49. The highest BCUT2D eigenvalue weighted by Crippen LogP contribution is 2.45. The lowest BCUT2D eigenvalue weighted by atomic mass is 9.83. The molecule has 3 N–H and O–H groups in total. The van der Waals surface area contributed by atoms with Gasteiger partial charge in [-0.05, 0) is 58.1 Å². The van der Waals surface area contributed by atoms with Crippen LogP contribution in [0.25, 0.3) is 22.2 Å². The van der Waals surface area contributed by atoms with Gasteiger partial charge in [-0.2, -0.15) is 0 Å². The summed E-state index contributed by atoms with van der Waals surface area (Å²) >= 11 is 0. The lowest BCUT2D eigenvalue weighted by molar-refractivity contribution is -0.146. The molecule has 12 heteroatoms. The molecule has 0 spiro atoms. The van der Waals surface area contributed by atoms with Crippen LogP contribution in [-0.2, 0) is 19.1 Å².